The molecule has 0 spiro atoms. The van der Waals surface area contributed by atoms with E-state index in [1.54, 1.807) is 19.2 Å². The molecule has 0 radical (unpaired) electrons. The number of aryl methyl sites for hydroxylation is 1. The van der Waals surface area contributed by atoms with Gasteiger partial charge in [0.15, 0.2) is 9.84 Å². The third-order valence-corrected chi connectivity index (χ3v) is 8.52. The maximum Gasteiger partial charge on any atom is 0.331 e. The van der Waals surface area contributed by atoms with Crippen LogP contribution in [0.5, 0.6) is 5.75 Å². The van der Waals surface area contributed by atoms with Crippen LogP contribution in [-0.4, -0.2) is 36.3 Å². The van der Waals surface area contributed by atoms with Gasteiger partial charge in [-0.3, -0.25) is 18.7 Å². The van der Waals surface area contributed by atoms with Crippen LogP contribution >= 0.6 is 11.3 Å². The van der Waals surface area contributed by atoms with Gasteiger partial charge in [-0.15, -0.1) is 11.3 Å². The van der Waals surface area contributed by atoms with E-state index in [-0.39, 0.29) is 21.7 Å². The Morgan fingerprint density at radius 2 is 1.75 bits per heavy atom. The van der Waals surface area contributed by atoms with Crippen LogP contribution < -0.4 is 21.3 Å². The summed E-state index contributed by atoms with van der Waals surface area (Å²) < 4.78 is 45.5. The Hall–Kier alpha value is -3.77. The number of amides is 1. The number of ether oxygens (including phenoxy) is 1. The number of benzene rings is 2. The van der Waals surface area contributed by atoms with E-state index in [1.807, 2.05) is 12.1 Å². The monoisotopic (exact) mass is 531 g/mol. The minimum absolute atomic E-state index is 0.110. The van der Waals surface area contributed by atoms with Gasteiger partial charge < -0.3 is 10.1 Å². The van der Waals surface area contributed by atoms with Crippen molar-refractivity contribution in [2.45, 2.75) is 18.0 Å². The van der Waals surface area contributed by atoms with E-state index in [9.17, 15) is 27.2 Å². The Morgan fingerprint density at radius 3 is 2.39 bits per heavy atom. The van der Waals surface area contributed by atoms with Crippen LogP contribution in [0.4, 0.5) is 4.39 Å². The number of hydrogen-bond donors (Lipinski definition) is 1. The topological polar surface area (TPSA) is 116 Å². The third kappa shape index (κ3) is 5.09. The lowest BCUT2D eigenvalue weighted by Gasteiger charge is -2.09. The summed E-state index contributed by atoms with van der Waals surface area (Å²) in [6, 6.07) is 12.9. The molecule has 2 heterocycles. The molecule has 0 aliphatic rings. The molecule has 0 aliphatic heterocycles. The van der Waals surface area contributed by atoms with Gasteiger partial charge in [0.05, 0.1) is 28.0 Å². The molecule has 36 heavy (non-hydrogen) atoms. The molecule has 2 aromatic heterocycles. The van der Waals surface area contributed by atoms with Gasteiger partial charge in [0, 0.05) is 20.1 Å². The zero-order valence-corrected chi connectivity index (χ0v) is 21.0. The van der Waals surface area contributed by atoms with Crippen molar-refractivity contribution in [2.24, 2.45) is 7.05 Å². The molecule has 2 aromatic carbocycles. The fraction of sp³-hybridized carbons (Fsp3) is 0.208. The molecule has 0 unspecified atom stereocenters. The number of rotatable bonds is 8. The molecule has 0 atom stereocenters. The van der Waals surface area contributed by atoms with E-state index in [2.05, 4.69) is 5.32 Å². The first kappa shape index (κ1) is 25.3. The largest absolute Gasteiger partial charge is 0.497 e. The molecule has 1 amide bonds. The standard InChI is InChI=1S/C24H22FN3O6S2/c1-27-23-19(13-20(35-23)21(29)26-14-15-3-7-17(34-2)8-4-15)22(30)28(24(27)31)11-12-36(32,33)18-9-5-16(25)6-10-18/h3-10,13H,11-12,14H2,1-2H3,(H,26,29). The number of nitrogens with zero attached hydrogens (tertiary/aromatic N) is 2. The van der Waals surface area contributed by atoms with E-state index < -0.39 is 45.1 Å². The molecule has 4 rings (SSSR count). The summed E-state index contributed by atoms with van der Waals surface area (Å²) in [4.78, 5) is 39.0. The first-order valence-corrected chi connectivity index (χ1v) is 13.2. The Bertz CT molecular complexity index is 1650. The first-order valence-electron chi connectivity index (χ1n) is 10.7. The Labute approximate surface area is 209 Å². The van der Waals surface area contributed by atoms with Gasteiger partial charge in [-0.25, -0.2) is 17.6 Å². The fourth-order valence-electron chi connectivity index (χ4n) is 3.58. The van der Waals surface area contributed by atoms with E-state index in [1.165, 1.54) is 17.7 Å². The number of halogens is 1. The van der Waals surface area contributed by atoms with Crippen molar-refractivity contribution in [3.05, 3.63) is 91.7 Å². The van der Waals surface area contributed by atoms with Crippen LogP contribution in [-0.2, 0) is 30.0 Å². The third-order valence-electron chi connectivity index (χ3n) is 5.60. The zero-order valence-electron chi connectivity index (χ0n) is 19.4. The first-order chi connectivity index (χ1) is 17.1. The summed E-state index contributed by atoms with van der Waals surface area (Å²) >= 11 is 0.996. The minimum Gasteiger partial charge on any atom is -0.497 e. The average Bonchev–Trinajstić information content (AvgIpc) is 3.33. The summed E-state index contributed by atoms with van der Waals surface area (Å²) in [6.45, 7) is -0.141. The number of hydrogen-bond acceptors (Lipinski definition) is 7. The SMILES string of the molecule is COc1ccc(CNC(=O)c2cc3c(=O)n(CCS(=O)(=O)c4ccc(F)cc4)c(=O)n(C)c3s2)cc1. The number of fused-ring (bicyclic) bond motifs is 1. The van der Waals surface area contributed by atoms with Gasteiger partial charge in [0.25, 0.3) is 11.5 Å². The van der Waals surface area contributed by atoms with Gasteiger partial charge >= 0.3 is 5.69 Å². The van der Waals surface area contributed by atoms with E-state index in [4.69, 9.17) is 4.74 Å². The molecule has 4 aromatic rings. The minimum atomic E-state index is -3.87. The van der Waals surface area contributed by atoms with Crippen molar-refractivity contribution in [2.75, 3.05) is 12.9 Å². The highest BCUT2D eigenvalue weighted by Gasteiger charge is 2.20. The average molecular weight is 532 g/mol. The number of sulfone groups is 1. The van der Waals surface area contributed by atoms with Gasteiger partial charge in [-0.05, 0) is 48.0 Å². The van der Waals surface area contributed by atoms with Crippen molar-refractivity contribution in [3.63, 3.8) is 0 Å². The second kappa shape index (κ2) is 10.1. The number of methoxy groups -OCH3 is 1. The molecule has 9 nitrogen and oxygen atoms in total. The van der Waals surface area contributed by atoms with Crippen molar-refractivity contribution in [1.82, 2.24) is 14.5 Å². The molecule has 0 bridgehead atoms. The van der Waals surface area contributed by atoms with Gasteiger partial charge in [-0.2, -0.15) is 0 Å². The number of nitrogens with one attached hydrogen (secondary N) is 1. The van der Waals surface area contributed by atoms with Crippen LogP contribution in [0, 0.1) is 5.82 Å². The van der Waals surface area contributed by atoms with E-state index in [0.717, 1.165) is 45.7 Å². The summed E-state index contributed by atoms with van der Waals surface area (Å²) in [5, 5.41) is 2.91. The van der Waals surface area contributed by atoms with Crippen molar-refractivity contribution in [3.8, 4) is 5.75 Å². The fourth-order valence-corrected chi connectivity index (χ4v) is 5.81. The lowest BCUT2D eigenvalue weighted by atomic mass is 10.2. The van der Waals surface area contributed by atoms with Crippen molar-refractivity contribution in [1.29, 1.82) is 0 Å². The molecular formula is C24H22FN3O6S2. The van der Waals surface area contributed by atoms with Crippen LogP contribution in [0.2, 0.25) is 0 Å². The number of carbonyl (C=O) groups is 1. The Morgan fingerprint density at radius 1 is 1.08 bits per heavy atom. The quantitative estimate of drug-likeness (QED) is 0.349. The second-order valence-corrected chi connectivity index (χ2v) is 11.1. The van der Waals surface area contributed by atoms with Crippen LogP contribution in [0.1, 0.15) is 15.2 Å². The van der Waals surface area contributed by atoms with Crippen LogP contribution in [0.25, 0.3) is 10.2 Å². The highest BCUT2D eigenvalue weighted by Crippen LogP contribution is 2.22. The van der Waals surface area contributed by atoms with Crippen LogP contribution in [0.15, 0.2) is 69.1 Å². The van der Waals surface area contributed by atoms with E-state index in [0.29, 0.717) is 10.6 Å². The molecule has 0 aliphatic carbocycles. The van der Waals surface area contributed by atoms with Crippen LogP contribution in [0.3, 0.4) is 0 Å². The molecule has 0 saturated heterocycles. The van der Waals surface area contributed by atoms with Crippen molar-refractivity contribution >= 4 is 37.3 Å². The lowest BCUT2D eigenvalue weighted by molar-refractivity contribution is 0.0955. The Balaban J connectivity index is 1.57. The second-order valence-electron chi connectivity index (χ2n) is 7.93. The summed E-state index contributed by atoms with van der Waals surface area (Å²) in [5.41, 5.74) is -0.538. The van der Waals surface area contributed by atoms with E-state index >= 15 is 0 Å². The lowest BCUT2D eigenvalue weighted by Crippen LogP contribution is -2.40. The predicted octanol–water partition coefficient (Wildman–Crippen LogP) is 2.31. The summed E-state index contributed by atoms with van der Waals surface area (Å²) in [5.74, 6) is -0.828. The molecule has 0 saturated carbocycles. The predicted molar refractivity (Wildman–Crippen MR) is 134 cm³/mol. The normalized spacial score (nSPS) is 11.5. The van der Waals surface area contributed by atoms with Crippen molar-refractivity contribution < 1.29 is 22.3 Å². The summed E-state index contributed by atoms with van der Waals surface area (Å²) in [7, 11) is -0.857. The van der Waals surface area contributed by atoms with Gasteiger partial charge in [0.1, 0.15) is 16.4 Å². The summed E-state index contributed by atoms with van der Waals surface area (Å²) in [6.07, 6.45) is 0. The molecule has 1 N–H and O–H groups in total. The number of thiophene rings is 1. The highest BCUT2D eigenvalue weighted by molar-refractivity contribution is 7.91. The number of aromatic nitrogens is 2. The zero-order chi connectivity index (χ0) is 26.0. The Kier molecular flexibility index (Phi) is 7.09. The smallest absolute Gasteiger partial charge is 0.331 e. The molecular weight excluding hydrogens is 509 g/mol. The molecule has 12 heteroatoms. The maximum absolute atomic E-state index is 13.1. The molecule has 188 valence electrons. The highest BCUT2D eigenvalue weighted by atomic mass is 32.2. The van der Waals surface area contributed by atoms with Gasteiger partial charge in [0.2, 0.25) is 0 Å². The maximum atomic E-state index is 13.1. The molecule has 0 fully saturated rings. The van der Waals surface area contributed by atoms with Gasteiger partial charge in [-0.1, -0.05) is 12.1 Å². The number of carbonyl (C=O) groups excluding carboxylic acids is 1.